The lowest BCUT2D eigenvalue weighted by Crippen LogP contribution is -2.22. The SMILES string of the molecule is CNCc1coc(N(Cc2ccccc2)Cc2ccccc2)n1. The molecule has 1 N–H and O–H groups in total. The molecule has 1 heterocycles. The number of oxazole rings is 1. The highest BCUT2D eigenvalue weighted by atomic mass is 16.4. The van der Waals surface area contributed by atoms with Crippen molar-refractivity contribution >= 4 is 6.01 Å². The van der Waals surface area contributed by atoms with Gasteiger partial charge in [0.25, 0.3) is 6.01 Å². The van der Waals surface area contributed by atoms with Crippen LogP contribution in [-0.2, 0) is 19.6 Å². The third-order valence-corrected chi connectivity index (χ3v) is 3.60. The monoisotopic (exact) mass is 307 g/mol. The molecule has 0 bridgehead atoms. The minimum Gasteiger partial charge on any atom is -0.432 e. The molecule has 0 radical (unpaired) electrons. The van der Waals surface area contributed by atoms with E-state index in [4.69, 9.17) is 4.42 Å². The molecule has 0 saturated carbocycles. The highest BCUT2D eigenvalue weighted by molar-refractivity contribution is 5.33. The van der Waals surface area contributed by atoms with Crippen molar-refractivity contribution in [2.75, 3.05) is 11.9 Å². The summed E-state index contributed by atoms with van der Waals surface area (Å²) in [5, 5.41) is 3.09. The second kappa shape index (κ2) is 7.61. The minimum atomic E-state index is 0.656. The molecule has 4 nitrogen and oxygen atoms in total. The van der Waals surface area contributed by atoms with Crippen LogP contribution in [0.3, 0.4) is 0 Å². The molecule has 0 aliphatic carbocycles. The highest BCUT2D eigenvalue weighted by Gasteiger charge is 2.14. The van der Waals surface area contributed by atoms with Gasteiger partial charge in [-0.1, -0.05) is 60.7 Å². The molecule has 0 saturated heterocycles. The Bertz CT molecular complexity index is 668. The number of rotatable bonds is 7. The van der Waals surface area contributed by atoms with Gasteiger partial charge in [-0.2, -0.15) is 4.98 Å². The minimum absolute atomic E-state index is 0.656. The Labute approximate surface area is 136 Å². The van der Waals surface area contributed by atoms with E-state index in [1.165, 1.54) is 11.1 Å². The third-order valence-electron chi connectivity index (χ3n) is 3.60. The fourth-order valence-electron chi connectivity index (χ4n) is 2.50. The number of hydrogen-bond acceptors (Lipinski definition) is 4. The Morgan fingerprint density at radius 1 is 0.913 bits per heavy atom. The Balaban J connectivity index is 1.82. The molecule has 0 unspecified atom stereocenters. The summed E-state index contributed by atoms with van der Waals surface area (Å²) in [4.78, 5) is 6.75. The van der Waals surface area contributed by atoms with E-state index in [1.54, 1.807) is 6.26 Å². The zero-order valence-electron chi connectivity index (χ0n) is 13.3. The van der Waals surface area contributed by atoms with Crippen molar-refractivity contribution in [1.82, 2.24) is 10.3 Å². The first-order valence-corrected chi connectivity index (χ1v) is 7.77. The molecule has 3 aromatic rings. The van der Waals surface area contributed by atoms with Gasteiger partial charge in [0.2, 0.25) is 0 Å². The van der Waals surface area contributed by atoms with Crippen LogP contribution in [0.5, 0.6) is 0 Å². The summed E-state index contributed by atoms with van der Waals surface area (Å²) in [6.45, 7) is 2.22. The molecule has 2 aromatic carbocycles. The van der Waals surface area contributed by atoms with Gasteiger partial charge in [-0.3, -0.25) is 0 Å². The number of nitrogens with one attached hydrogen (secondary N) is 1. The maximum absolute atomic E-state index is 5.70. The standard InChI is InChI=1S/C19H21N3O/c1-20-12-18-15-23-19(21-18)22(13-16-8-4-2-5-9-16)14-17-10-6-3-7-11-17/h2-11,15,20H,12-14H2,1H3. The van der Waals surface area contributed by atoms with Crippen molar-refractivity contribution < 1.29 is 4.42 Å². The highest BCUT2D eigenvalue weighted by Crippen LogP contribution is 2.19. The van der Waals surface area contributed by atoms with Crippen LogP contribution in [0.2, 0.25) is 0 Å². The fraction of sp³-hybridized carbons (Fsp3) is 0.211. The summed E-state index contributed by atoms with van der Waals surface area (Å²) < 4.78 is 5.70. The van der Waals surface area contributed by atoms with Crippen LogP contribution in [-0.4, -0.2) is 12.0 Å². The molecule has 0 spiro atoms. The van der Waals surface area contributed by atoms with E-state index in [2.05, 4.69) is 63.7 Å². The number of benzene rings is 2. The first-order chi connectivity index (χ1) is 11.3. The average molecular weight is 307 g/mol. The van der Waals surface area contributed by atoms with Crippen molar-refractivity contribution in [3.05, 3.63) is 83.7 Å². The van der Waals surface area contributed by atoms with E-state index in [0.717, 1.165) is 18.8 Å². The Morgan fingerprint density at radius 2 is 1.48 bits per heavy atom. The van der Waals surface area contributed by atoms with Gasteiger partial charge in [0.1, 0.15) is 6.26 Å². The van der Waals surface area contributed by atoms with Gasteiger partial charge in [-0.05, 0) is 18.2 Å². The van der Waals surface area contributed by atoms with Gasteiger partial charge in [0, 0.05) is 19.6 Å². The lowest BCUT2D eigenvalue weighted by molar-refractivity contribution is 0.528. The Morgan fingerprint density at radius 3 is 2.00 bits per heavy atom. The molecule has 3 rings (SSSR count). The number of anilines is 1. The van der Waals surface area contributed by atoms with Crippen LogP contribution in [0.4, 0.5) is 6.01 Å². The predicted octanol–water partition coefficient (Wildman–Crippen LogP) is 3.60. The molecular formula is C19H21N3O. The van der Waals surface area contributed by atoms with Crippen LogP contribution in [0.15, 0.2) is 71.3 Å². The summed E-state index contributed by atoms with van der Waals surface area (Å²) in [5.41, 5.74) is 3.38. The van der Waals surface area contributed by atoms with Crippen molar-refractivity contribution in [3.63, 3.8) is 0 Å². The summed E-state index contributed by atoms with van der Waals surface area (Å²) in [6, 6.07) is 21.4. The van der Waals surface area contributed by atoms with Gasteiger partial charge in [-0.15, -0.1) is 0 Å². The predicted molar refractivity (Wildman–Crippen MR) is 92.0 cm³/mol. The molecule has 23 heavy (non-hydrogen) atoms. The normalized spacial score (nSPS) is 10.7. The van der Waals surface area contributed by atoms with Crippen LogP contribution < -0.4 is 10.2 Å². The van der Waals surface area contributed by atoms with Crippen molar-refractivity contribution in [2.24, 2.45) is 0 Å². The summed E-state index contributed by atoms with van der Waals surface area (Å²) >= 11 is 0. The van der Waals surface area contributed by atoms with Gasteiger partial charge in [0.15, 0.2) is 0 Å². The zero-order chi connectivity index (χ0) is 15.9. The maximum Gasteiger partial charge on any atom is 0.298 e. The smallest absolute Gasteiger partial charge is 0.298 e. The van der Waals surface area contributed by atoms with Crippen molar-refractivity contribution in [2.45, 2.75) is 19.6 Å². The summed E-state index contributed by atoms with van der Waals surface area (Å²) in [5.74, 6) is 0. The molecule has 4 heteroatoms. The zero-order valence-corrected chi connectivity index (χ0v) is 13.3. The summed E-state index contributed by atoms with van der Waals surface area (Å²) in [6.07, 6.45) is 1.72. The fourth-order valence-corrected chi connectivity index (χ4v) is 2.50. The van der Waals surface area contributed by atoms with E-state index < -0.39 is 0 Å². The van der Waals surface area contributed by atoms with Crippen LogP contribution in [0.1, 0.15) is 16.8 Å². The second-order valence-electron chi connectivity index (χ2n) is 5.48. The second-order valence-corrected chi connectivity index (χ2v) is 5.48. The van der Waals surface area contributed by atoms with Gasteiger partial charge in [0.05, 0.1) is 5.69 Å². The maximum atomic E-state index is 5.70. The quantitative estimate of drug-likeness (QED) is 0.724. The van der Waals surface area contributed by atoms with E-state index in [1.807, 2.05) is 19.2 Å². The number of hydrogen-bond donors (Lipinski definition) is 1. The first kappa shape index (κ1) is 15.3. The largest absolute Gasteiger partial charge is 0.432 e. The lowest BCUT2D eigenvalue weighted by Gasteiger charge is -2.21. The van der Waals surface area contributed by atoms with Crippen LogP contribution in [0, 0.1) is 0 Å². The van der Waals surface area contributed by atoms with E-state index in [-0.39, 0.29) is 0 Å². The molecular weight excluding hydrogens is 286 g/mol. The van der Waals surface area contributed by atoms with E-state index in [9.17, 15) is 0 Å². The molecule has 0 fully saturated rings. The van der Waals surface area contributed by atoms with Crippen molar-refractivity contribution in [3.8, 4) is 0 Å². The third kappa shape index (κ3) is 4.20. The van der Waals surface area contributed by atoms with Gasteiger partial charge in [-0.25, -0.2) is 0 Å². The van der Waals surface area contributed by atoms with E-state index >= 15 is 0 Å². The van der Waals surface area contributed by atoms with Crippen LogP contribution >= 0.6 is 0 Å². The molecule has 0 atom stereocenters. The Hall–Kier alpha value is -2.59. The topological polar surface area (TPSA) is 41.3 Å². The van der Waals surface area contributed by atoms with Crippen molar-refractivity contribution in [1.29, 1.82) is 0 Å². The molecule has 118 valence electrons. The molecule has 1 aromatic heterocycles. The molecule has 0 aliphatic rings. The molecule has 0 amide bonds. The van der Waals surface area contributed by atoms with Gasteiger partial charge >= 0.3 is 0 Å². The summed E-state index contributed by atoms with van der Waals surface area (Å²) in [7, 11) is 1.90. The van der Waals surface area contributed by atoms with Gasteiger partial charge < -0.3 is 14.6 Å². The average Bonchev–Trinajstić information content (AvgIpc) is 3.05. The number of aromatic nitrogens is 1. The van der Waals surface area contributed by atoms with E-state index in [0.29, 0.717) is 12.6 Å². The van der Waals surface area contributed by atoms with Crippen LogP contribution in [0.25, 0.3) is 0 Å². The Kier molecular flexibility index (Phi) is 5.06. The lowest BCUT2D eigenvalue weighted by atomic mass is 10.2. The first-order valence-electron chi connectivity index (χ1n) is 7.77. The molecule has 0 aliphatic heterocycles. The number of nitrogens with zero attached hydrogens (tertiary/aromatic N) is 2.